The molecule has 11 aromatic rings. The maximum Gasteiger partial charge on any atom is 0.0541 e. The van der Waals surface area contributed by atoms with Crippen LogP contribution in [0, 0.1) is 0 Å². The van der Waals surface area contributed by atoms with E-state index in [-0.39, 0.29) is 0 Å². The Morgan fingerprint density at radius 1 is 0.250 bits per heavy atom. The number of benzene rings is 10. The average molecular weight is 713 g/mol. The van der Waals surface area contributed by atoms with Crippen LogP contribution in [0.25, 0.3) is 82.1 Å². The number of hydrogen-bond acceptors (Lipinski definition) is 1. The van der Waals surface area contributed by atoms with Gasteiger partial charge in [-0.15, -0.1) is 0 Å². The fourth-order valence-electron chi connectivity index (χ4n) is 8.74. The third-order valence-electron chi connectivity index (χ3n) is 11.4. The molecule has 0 unspecified atom stereocenters. The summed E-state index contributed by atoms with van der Waals surface area (Å²) < 4.78 is 2.39. The van der Waals surface area contributed by atoms with Gasteiger partial charge in [0.15, 0.2) is 0 Å². The number of fused-ring (bicyclic) bond motifs is 9. The van der Waals surface area contributed by atoms with Crippen LogP contribution in [0.15, 0.2) is 218 Å². The number of hydrogen-bond donors (Lipinski definition) is 0. The molecule has 0 amide bonds. The minimum Gasteiger partial charge on any atom is -0.310 e. The van der Waals surface area contributed by atoms with Crippen LogP contribution in [0.2, 0.25) is 0 Å². The Balaban J connectivity index is 1.04. The third-order valence-corrected chi connectivity index (χ3v) is 11.4. The number of anilines is 3. The molecule has 0 aliphatic rings. The average Bonchev–Trinajstić information content (AvgIpc) is 3.62. The molecule has 262 valence electrons. The predicted octanol–water partition coefficient (Wildman–Crippen LogP) is 15.0. The molecule has 0 atom stereocenters. The van der Waals surface area contributed by atoms with E-state index in [1.54, 1.807) is 0 Å². The Labute approximate surface area is 325 Å². The normalized spacial score (nSPS) is 11.6. The SMILES string of the molecule is c1ccc(-c2ccc(N(c3ccc(-c4ccc5c6ccccc6c6ccccc6c5c4)cc3)c3cccc(-n4c5ccccc5c5ccccc54)c3)cc2)cc1. The van der Waals surface area contributed by atoms with Gasteiger partial charge in [0.25, 0.3) is 0 Å². The van der Waals surface area contributed by atoms with Crippen molar-refractivity contribution in [2.45, 2.75) is 0 Å². The zero-order chi connectivity index (χ0) is 37.0. The lowest BCUT2D eigenvalue weighted by atomic mass is 9.92. The van der Waals surface area contributed by atoms with Crippen molar-refractivity contribution < 1.29 is 0 Å². The fourth-order valence-corrected chi connectivity index (χ4v) is 8.74. The van der Waals surface area contributed by atoms with Crippen molar-refractivity contribution in [2.75, 3.05) is 4.90 Å². The number of rotatable bonds is 6. The molecule has 0 bridgehead atoms. The Bertz CT molecular complexity index is 3140. The maximum atomic E-state index is 2.39. The topological polar surface area (TPSA) is 8.17 Å². The zero-order valence-corrected chi connectivity index (χ0v) is 30.7. The van der Waals surface area contributed by atoms with E-state index in [0.29, 0.717) is 0 Å². The lowest BCUT2D eigenvalue weighted by molar-refractivity contribution is 1.17. The van der Waals surface area contributed by atoms with Crippen molar-refractivity contribution in [3.8, 4) is 27.9 Å². The molecule has 0 saturated carbocycles. The molecular formula is C54H36N2. The first-order chi connectivity index (χ1) is 27.8. The molecule has 0 N–H and O–H groups in total. The second-order valence-electron chi connectivity index (χ2n) is 14.5. The van der Waals surface area contributed by atoms with Gasteiger partial charge in [0.1, 0.15) is 0 Å². The summed E-state index contributed by atoms with van der Waals surface area (Å²) in [6, 6.07) is 79.4. The lowest BCUT2D eigenvalue weighted by Crippen LogP contribution is -2.10. The summed E-state index contributed by atoms with van der Waals surface area (Å²) in [5.74, 6) is 0. The van der Waals surface area contributed by atoms with Gasteiger partial charge in [0, 0.05) is 33.5 Å². The molecule has 0 radical (unpaired) electrons. The van der Waals surface area contributed by atoms with Crippen molar-refractivity contribution in [1.82, 2.24) is 4.57 Å². The minimum absolute atomic E-state index is 1.09. The van der Waals surface area contributed by atoms with Gasteiger partial charge in [0.05, 0.1) is 11.0 Å². The molecule has 1 aromatic heterocycles. The van der Waals surface area contributed by atoms with E-state index < -0.39 is 0 Å². The molecule has 2 heteroatoms. The number of aromatic nitrogens is 1. The third kappa shape index (κ3) is 5.26. The van der Waals surface area contributed by atoms with Crippen molar-refractivity contribution >= 4 is 71.2 Å². The molecule has 0 aliphatic heterocycles. The first kappa shape index (κ1) is 32.0. The van der Waals surface area contributed by atoms with E-state index >= 15 is 0 Å². The van der Waals surface area contributed by atoms with Gasteiger partial charge in [-0.05, 0) is 115 Å². The van der Waals surface area contributed by atoms with E-state index in [4.69, 9.17) is 0 Å². The second kappa shape index (κ2) is 13.2. The molecule has 0 aliphatic carbocycles. The zero-order valence-electron chi connectivity index (χ0n) is 30.7. The van der Waals surface area contributed by atoms with Crippen molar-refractivity contribution in [3.63, 3.8) is 0 Å². The van der Waals surface area contributed by atoms with Crippen molar-refractivity contribution in [1.29, 1.82) is 0 Å². The summed E-state index contributed by atoms with van der Waals surface area (Å²) in [6.45, 7) is 0. The summed E-state index contributed by atoms with van der Waals surface area (Å²) in [5, 5.41) is 10.2. The summed E-state index contributed by atoms with van der Waals surface area (Å²) in [4.78, 5) is 2.37. The van der Waals surface area contributed by atoms with E-state index in [9.17, 15) is 0 Å². The van der Waals surface area contributed by atoms with Gasteiger partial charge in [-0.3, -0.25) is 0 Å². The molecule has 0 spiro atoms. The summed E-state index contributed by atoms with van der Waals surface area (Å²) in [5.41, 5.74) is 11.6. The van der Waals surface area contributed by atoms with Crippen molar-refractivity contribution in [2.24, 2.45) is 0 Å². The Morgan fingerprint density at radius 3 is 1.25 bits per heavy atom. The van der Waals surface area contributed by atoms with Gasteiger partial charge < -0.3 is 9.47 Å². The molecule has 0 saturated heterocycles. The number of para-hydroxylation sites is 2. The smallest absolute Gasteiger partial charge is 0.0541 e. The molecule has 11 rings (SSSR count). The maximum absolute atomic E-state index is 2.39. The van der Waals surface area contributed by atoms with Gasteiger partial charge in [0.2, 0.25) is 0 Å². The lowest BCUT2D eigenvalue weighted by Gasteiger charge is -2.26. The molecular weight excluding hydrogens is 677 g/mol. The first-order valence-electron chi connectivity index (χ1n) is 19.3. The monoisotopic (exact) mass is 712 g/mol. The van der Waals surface area contributed by atoms with Gasteiger partial charge in [-0.25, -0.2) is 0 Å². The highest BCUT2D eigenvalue weighted by Crippen LogP contribution is 2.41. The van der Waals surface area contributed by atoms with Crippen LogP contribution in [0.5, 0.6) is 0 Å². The van der Waals surface area contributed by atoms with Crippen LogP contribution in [-0.4, -0.2) is 4.57 Å². The minimum atomic E-state index is 1.09. The summed E-state index contributed by atoms with van der Waals surface area (Å²) in [7, 11) is 0. The Morgan fingerprint density at radius 2 is 0.679 bits per heavy atom. The molecule has 56 heavy (non-hydrogen) atoms. The summed E-state index contributed by atoms with van der Waals surface area (Å²) >= 11 is 0. The van der Waals surface area contributed by atoms with Gasteiger partial charge in [-0.1, -0.05) is 158 Å². The largest absolute Gasteiger partial charge is 0.310 e. The van der Waals surface area contributed by atoms with Crippen LogP contribution >= 0.6 is 0 Å². The van der Waals surface area contributed by atoms with E-state index in [1.807, 2.05) is 0 Å². The second-order valence-corrected chi connectivity index (χ2v) is 14.5. The first-order valence-corrected chi connectivity index (χ1v) is 19.3. The molecule has 2 nitrogen and oxygen atoms in total. The molecule has 1 heterocycles. The fraction of sp³-hybridized carbons (Fsp3) is 0. The Kier molecular flexibility index (Phi) is 7.53. The van der Waals surface area contributed by atoms with Crippen LogP contribution in [0.4, 0.5) is 17.1 Å². The van der Waals surface area contributed by atoms with E-state index in [0.717, 1.165) is 22.7 Å². The Hall–Kier alpha value is -7.42. The van der Waals surface area contributed by atoms with Crippen LogP contribution < -0.4 is 4.90 Å². The highest BCUT2D eigenvalue weighted by molar-refractivity contribution is 6.25. The highest BCUT2D eigenvalue weighted by atomic mass is 15.1. The summed E-state index contributed by atoms with van der Waals surface area (Å²) in [6.07, 6.45) is 0. The number of nitrogens with zero attached hydrogens (tertiary/aromatic N) is 2. The van der Waals surface area contributed by atoms with Gasteiger partial charge in [-0.2, -0.15) is 0 Å². The standard InChI is InChI=1S/C54H36N2/c1-2-13-37(14-3-1)38-25-30-41(31-26-38)55(43-15-12-16-44(36-43)56-53-23-10-8-21-50(53)51-22-9-11-24-54(51)56)42-32-27-39(28-33-42)40-29-34-49-47-19-5-4-17-45(47)46-18-6-7-20-48(46)52(49)35-40/h1-36H. The molecule has 0 fully saturated rings. The quantitative estimate of drug-likeness (QED) is 0.156. The van der Waals surface area contributed by atoms with Crippen LogP contribution in [0.3, 0.4) is 0 Å². The van der Waals surface area contributed by atoms with E-state index in [2.05, 4.69) is 228 Å². The highest BCUT2D eigenvalue weighted by Gasteiger charge is 2.17. The van der Waals surface area contributed by atoms with E-state index in [1.165, 1.54) is 76.4 Å². The van der Waals surface area contributed by atoms with Crippen LogP contribution in [-0.2, 0) is 0 Å². The van der Waals surface area contributed by atoms with Crippen molar-refractivity contribution in [3.05, 3.63) is 218 Å². The van der Waals surface area contributed by atoms with Gasteiger partial charge >= 0.3 is 0 Å². The predicted molar refractivity (Wildman–Crippen MR) is 239 cm³/mol. The van der Waals surface area contributed by atoms with Crippen LogP contribution in [0.1, 0.15) is 0 Å². The molecule has 10 aromatic carbocycles.